The Morgan fingerprint density at radius 3 is 2.33 bits per heavy atom. The predicted octanol–water partition coefficient (Wildman–Crippen LogP) is 2.31. The van der Waals surface area contributed by atoms with Crippen LogP contribution in [0.1, 0.15) is 57.8 Å². The van der Waals surface area contributed by atoms with Crippen LogP contribution in [-0.4, -0.2) is 36.0 Å². The lowest BCUT2D eigenvalue weighted by molar-refractivity contribution is -0.122. The van der Waals surface area contributed by atoms with Crippen molar-refractivity contribution in [3.05, 3.63) is 0 Å². The maximum atomic E-state index is 11.9. The summed E-state index contributed by atoms with van der Waals surface area (Å²) in [4.78, 5) is 14.4. The molecule has 0 spiro atoms. The van der Waals surface area contributed by atoms with E-state index in [1.54, 1.807) is 0 Å². The summed E-state index contributed by atoms with van der Waals surface area (Å²) in [5.41, 5.74) is 0. The smallest absolute Gasteiger partial charge is 0.234 e. The van der Waals surface area contributed by atoms with Crippen LogP contribution in [-0.2, 0) is 4.79 Å². The van der Waals surface area contributed by atoms with Crippen LogP contribution in [0.15, 0.2) is 0 Å². The fourth-order valence-corrected chi connectivity index (χ4v) is 3.17. The van der Waals surface area contributed by atoms with Gasteiger partial charge < -0.3 is 5.32 Å². The highest BCUT2D eigenvalue weighted by molar-refractivity contribution is 5.78. The zero-order valence-electron chi connectivity index (χ0n) is 11.4. The molecule has 102 valence electrons. The Balaban J connectivity index is 1.46. The predicted molar refractivity (Wildman–Crippen MR) is 72.3 cm³/mol. The van der Waals surface area contributed by atoms with E-state index in [0.717, 1.165) is 12.0 Å². The van der Waals surface area contributed by atoms with Crippen molar-refractivity contribution in [2.24, 2.45) is 5.92 Å². The molecule has 0 heterocycles. The SMILES string of the molecule is O=C(CN(CC1CCCCC1)C1CC1)NC1CC1. The van der Waals surface area contributed by atoms with Gasteiger partial charge in [-0.3, -0.25) is 9.69 Å². The Kier molecular flexibility index (Phi) is 3.88. The van der Waals surface area contributed by atoms with E-state index in [1.165, 1.54) is 64.3 Å². The van der Waals surface area contributed by atoms with E-state index < -0.39 is 0 Å². The van der Waals surface area contributed by atoms with Gasteiger partial charge in [0.2, 0.25) is 5.91 Å². The van der Waals surface area contributed by atoms with E-state index in [2.05, 4.69) is 10.2 Å². The molecule has 0 aliphatic heterocycles. The van der Waals surface area contributed by atoms with Gasteiger partial charge in [-0.1, -0.05) is 19.3 Å². The Hall–Kier alpha value is -0.570. The molecule has 3 nitrogen and oxygen atoms in total. The van der Waals surface area contributed by atoms with Crippen molar-refractivity contribution in [3.63, 3.8) is 0 Å². The Morgan fingerprint density at radius 1 is 1.00 bits per heavy atom. The molecule has 1 amide bonds. The first-order valence-corrected chi connectivity index (χ1v) is 7.84. The number of hydrogen-bond acceptors (Lipinski definition) is 2. The summed E-state index contributed by atoms with van der Waals surface area (Å²) in [6.07, 6.45) is 12.0. The van der Waals surface area contributed by atoms with Gasteiger partial charge in [-0.15, -0.1) is 0 Å². The van der Waals surface area contributed by atoms with Crippen molar-refractivity contribution < 1.29 is 4.79 Å². The topological polar surface area (TPSA) is 32.3 Å². The van der Waals surface area contributed by atoms with E-state index in [9.17, 15) is 4.79 Å². The van der Waals surface area contributed by atoms with E-state index in [4.69, 9.17) is 0 Å². The summed E-state index contributed by atoms with van der Waals surface area (Å²) in [6, 6.07) is 1.23. The molecule has 0 unspecified atom stereocenters. The second-order valence-electron chi connectivity index (χ2n) is 6.51. The molecular weight excluding hydrogens is 224 g/mol. The average Bonchev–Trinajstić information content (AvgIpc) is 3.24. The molecule has 3 fully saturated rings. The second-order valence-corrected chi connectivity index (χ2v) is 6.51. The quantitative estimate of drug-likeness (QED) is 0.784. The van der Waals surface area contributed by atoms with E-state index in [0.29, 0.717) is 12.6 Å². The van der Waals surface area contributed by atoms with Crippen LogP contribution < -0.4 is 5.32 Å². The van der Waals surface area contributed by atoms with Gasteiger partial charge in [0.15, 0.2) is 0 Å². The molecule has 3 aliphatic rings. The standard InChI is InChI=1S/C15H26N2O/c18-15(16-13-6-7-13)11-17(14-8-9-14)10-12-4-2-1-3-5-12/h12-14H,1-11H2,(H,16,18). The van der Waals surface area contributed by atoms with Crippen LogP contribution in [0.3, 0.4) is 0 Å². The molecule has 0 radical (unpaired) electrons. The second kappa shape index (κ2) is 5.60. The van der Waals surface area contributed by atoms with Crippen molar-refractivity contribution in [1.29, 1.82) is 0 Å². The van der Waals surface area contributed by atoms with Crippen LogP contribution in [0.5, 0.6) is 0 Å². The third-order valence-corrected chi connectivity index (χ3v) is 4.57. The van der Waals surface area contributed by atoms with Crippen molar-refractivity contribution in [1.82, 2.24) is 10.2 Å². The van der Waals surface area contributed by atoms with Gasteiger partial charge in [-0.05, 0) is 44.4 Å². The summed E-state index contributed by atoms with van der Waals surface area (Å²) < 4.78 is 0. The van der Waals surface area contributed by atoms with Gasteiger partial charge in [0.25, 0.3) is 0 Å². The number of carbonyl (C=O) groups excluding carboxylic acids is 1. The molecule has 3 heteroatoms. The van der Waals surface area contributed by atoms with Gasteiger partial charge in [-0.25, -0.2) is 0 Å². The van der Waals surface area contributed by atoms with Crippen LogP contribution in [0.25, 0.3) is 0 Å². The molecule has 0 atom stereocenters. The summed E-state index contributed by atoms with van der Waals surface area (Å²) in [5.74, 6) is 1.12. The highest BCUT2D eigenvalue weighted by Gasteiger charge is 2.33. The summed E-state index contributed by atoms with van der Waals surface area (Å²) in [6.45, 7) is 1.82. The first-order valence-electron chi connectivity index (χ1n) is 7.84. The molecule has 0 aromatic rings. The largest absolute Gasteiger partial charge is 0.352 e. The fraction of sp³-hybridized carbons (Fsp3) is 0.933. The minimum Gasteiger partial charge on any atom is -0.352 e. The Bertz CT molecular complexity index is 291. The average molecular weight is 250 g/mol. The van der Waals surface area contributed by atoms with Gasteiger partial charge in [0.1, 0.15) is 0 Å². The summed E-state index contributed by atoms with van der Waals surface area (Å²) >= 11 is 0. The normalized spacial score (nSPS) is 25.4. The number of carbonyl (C=O) groups is 1. The highest BCUT2D eigenvalue weighted by Crippen LogP contribution is 2.31. The molecule has 18 heavy (non-hydrogen) atoms. The third kappa shape index (κ3) is 3.71. The van der Waals surface area contributed by atoms with Gasteiger partial charge >= 0.3 is 0 Å². The number of nitrogens with one attached hydrogen (secondary N) is 1. The lowest BCUT2D eigenvalue weighted by Crippen LogP contribution is -2.41. The third-order valence-electron chi connectivity index (χ3n) is 4.57. The lowest BCUT2D eigenvalue weighted by atomic mass is 9.89. The highest BCUT2D eigenvalue weighted by atomic mass is 16.2. The number of amides is 1. The molecule has 0 aromatic heterocycles. The molecule has 0 saturated heterocycles. The summed E-state index contributed by atoms with van der Waals surface area (Å²) in [7, 11) is 0. The molecule has 0 bridgehead atoms. The number of hydrogen-bond donors (Lipinski definition) is 1. The van der Waals surface area contributed by atoms with E-state index >= 15 is 0 Å². The zero-order chi connectivity index (χ0) is 12.4. The van der Waals surface area contributed by atoms with E-state index in [1.807, 2.05) is 0 Å². The van der Waals surface area contributed by atoms with Crippen molar-refractivity contribution >= 4 is 5.91 Å². The number of nitrogens with zero attached hydrogens (tertiary/aromatic N) is 1. The molecule has 3 rings (SSSR count). The van der Waals surface area contributed by atoms with Crippen LogP contribution in [0.2, 0.25) is 0 Å². The molecule has 3 aliphatic carbocycles. The van der Waals surface area contributed by atoms with Gasteiger partial charge in [-0.2, -0.15) is 0 Å². The van der Waals surface area contributed by atoms with Crippen molar-refractivity contribution in [3.8, 4) is 0 Å². The van der Waals surface area contributed by atoms with Crippen LogP contribution >= 0.6 is 0 Å². The van der Waals surface area contributed by atoms with Crippen molar-refractivity contribution in [2.75, 3.05) is 13.1 Å². The molecule has 0 aromatic carbocycles. The van der Waals surface area contributed by atoms with Crippen LogP contribution in [0.4, 0.5) is 0 Å². The van der Waals surface area contributed by atoms with Crippen molar-refractivity contribution in [2.45, 2.75) is 69.9 Å². The molecule has 1 N–H and O–H groups in total. The van der Waals surface area contributed by atoms with E-state index in [-0.39, 0.29) is 5.91 Å². The minimum absolute atomic E-state index is 0.264. The molecular formula is C15H26N2O. The fourth-order valence-electron chi connectivity index (χ4n) is 3.17. The first kappa shape index (κ1) is 12.5. The molecule has 3 saturated carbocycles. The van der Waals surface area contributed by atoms with Gasteiger partial charge in [0.05, 0.1) is 6.54 Å². The maximum Gasteiger partial charge on any atom is 0.234 e. The lowest BCUT2D eigenvalue weighted by Gasteiger charge is -2.29. The van der Waals surface area contributed by atoms with Crippen LogP contribution in [0, 0.1) is 5.92 Å². The Labute approximate surface area is 110 Å². The maximum absolute atomic E-state index is 11.9. The van der Waals surface area contributed by atoms with Gasteiger partial charge in [0, 0.05) is 18.6 Å². The number of rotatable bonds is 6. The first-order chi connectivity index (χ1) is 8.81. The minimum atomic E-state index is 0.264. The summed E-state index contributed by atoms with van der Waals surface area (Å²) in [5, 5.41) is 3.12. The monoisotopic (exact) mass is 250 g/mol. The Morgan fingerprint density at radius 2 is 1.72 bits per heavy atom. The zero-order valence-corrected chi connectivity index (χ0v) is 11.4.